The van der Waals surface area contributed by atoms with Gasteiger partial charge in [-0.3, -0.25) is 0 Å². The molecule has 0 amide bonds. The van der Waals surface area contributed by atoms with Gasteiger partial charge in [0.1, 0.15) is 28.5 Å². The molecular formula is C59H60ClPS16. The van der Waals surface area contributed by atoms with E-state index < -0.39 is 7.26 Å². The molecule has 0 radical (unpaired) electrons. The van der Waals surface area contributed by atoms with E-state index in [0.29, 0.717) is 5.25 Å². The van der Waals surface area contributed by atoms with E-state index in [-0.39, 0.29) is 19.8 Å². The molecule has 10 rings (SSSR count). The molecule has 18 heteroatoms. The molecule has 0 spiro atoms. The van der Waals surface area contributed by atoms with Gasteiger partial charge in [-0.25, -0.2) is 0 Å². The predicted molar refractivity (Wildman–Crippen MR) is 389 cm³/mol. The normalized spacial score (nSPS) is 13.7. The van der Waals surface area contributed by atoms with Crippen molar-refractivity contribution in [2.45, 2.75) is 43.3 Å². The zero-order chi connectivity index (χ0) is 52.4. The number of thiocarbonyl (C=S) groups is 2. The van der Waals surface area contributed by atoms with Gasteiger partial charge in [0.2, 0.25) is 0 Å². The van der Waals surface area contributed by atoms with E-state index in [1.54, 1.807) is 23.5 Å². The van der Waals surface area contributed by atoms with E-state index >= 15 is 0 Å². The smallest absolute Gasteiger partial charge is 0.144 e. The summed E-state index contributed by atoms with van der Waals surface area (Å²) in [5, 5.41) is 7.08. The lowest BCUT2D eigenvalue weighted by Gasteiger charge is -2.27. The molecule has 2 saturated heterocycles. The van der Waals surface area contributed by atoms with Crippen LogP contribution in [0.15, 0.2) is 243 Å². The Bertz CT molecular complexity index is 2550. The maximum Gasteiger partial charge on any atom is 0.144 e. The van der Waals surface area contributed by atoms with E-state index in [9.17, 15) is 0 Å². The molecule has 0 bridgehead atoms. The fraction of sp³-hybridized carbons (Fsp3) is 0.153. The molecule has 2 heterocycles. The minimum absolute atomic E-state index is 0. The molecule has 0 N–H and O–H groups in total. The van der Waals surface area contributed by atoms with Crippen molar-refractivity contribution in [3.63, 3.8) is 0 Å². The summed E-state index contributed by atoms with van der Waals surface area (Å²) in [6.45, 7) is 4.49. The molecule has 8 aromatic carbocycles. The van der Waals surface area contributed by atoms with Gasteiger partial charge in [0.15, 0.2) is 0 Å². The van der Waals surface area contributed by atoms with Crippen LogP contribution in [0, 0.1) is 0 Å². The van der Waals surface area contributed by atoms with E-state index in [4.69, 9.17) is 24.4 Å². The lowest BCUT2D eigenvalue weighted by Crippen LogP contribution is -3.00. The van der Waals surface area contributed by atoms with Crippen LogP contribution in [0.4, 0.5) is 0 Å². The minimum atomic E-state index is -1.91. The second-order valence-corrected chi connectivity index (χ2v) is 42.9. The van der Waals surface area contributed by atoms with Crippen molar-refractivity contribution in [1.82, 2.24) is 0 Å². The second-order valence-electron chi connectivity index (χ2n) is 15.8. The zero-order valence-corrected chi connectivity index (χ0v) is 56.1. The Kier molecular flexibility index (Phi) is 38.0. The van der Waals surface area contributed by atoms with E-state index in [0.717, 1.165) is 42.0 Å². The van der Waals surface area contributed by atoms with Crippen LogP contribution in [0.5, 0.6) is 0 Å². The van der Waals surface area contributed by atoms with Gasteiger partial charge >= 0.3 is 0 Å². The highest BCUT2D eigenvalue weighted by Gasteiger charge is 2.47. The summed E-state index contributed by atoms with van der Waals surface area (Å²) in [5.41, 5.74) is 4.99. The summed E-state index contributed by atoms with van der Waals surface area (Å²) in [6.07, 6.45) is 0. The SMILES string of the molecule is C.CC(CSSSCc1ccccc1)SC(=S)c1ccccc1.CC1CS1.S1SSSSSSS1.S=C(SCc1ccccc1)c1ccccc1.[Cl-].c1ccc([P+](c2ccccc2)(c2ccccc2)c2ccccc2)cc1. The number of hydrogen-bond acceptors (Lipinski definition) is 16. The monoisotopic (exact) mass is 1350 g/mol. The molecule has 2 fully saturated rings. The fourth-order valence-corrected chi connectivity index (χ4v) is 40.0. The first-order valence-corrected chi connectivity index (χ1v) is 43.5. The summed E-state index contributed by atoms with van der Waals surface area (Å²) in [6, 6.07) is 85.2. The van der Waals surface area contributed by atoms with Crippen LogP contribution in [0.1, 0.15) is 43.5 Å². The van der Waals surface area contributed by atoms with Gasteiger partial charge in [0, 0.05) is 112 Å². The minimum Gasteiger partial charge on any atom is -1.00 e. The van der Waals surface area contributed by atoms with Crippen molar-refractivity contribution in [2.24, 2.45) is 0 Å². The van der Waals surface area contributed by atoms with E-state index in [2.05, 4.69) is 214 Å². The molecule has 0 aliphatic carbocycles. The predicted octanol–water partition coefficient (Wildman–Crippen LogP) is 19.3. The summed E-state index contributed by atoms with van der Waals surface area (Å²) < 4.78 is 1.96. The van der Waals surface area contributed by atoms with Gasteiger partial charge in [0.25, 0.3) is 0 Å². The summed E-state index contributed by atoms with van der Waals surface area (Å²) in [7, 11) is 18.5. The van der Waals surface area contributed by atoms with Gasteiger partial charge in [-0.15, -0.1) is 23.5 Å². The summed E-state index contributed by atoms with van der Waals surface area (Å²) in [5.74, 6) is 4.50. The summed E-state index contributed by atoms with van der Waals surface area (Å²) in [4.78, 5) is 0. The van der Waals surface area contributed by atoms with E-state index in [1.165, 1.54) is 38.1 Å². The van der Waals surface area contributed by atoms with Gasteiger partial charge in [-0.1, -0.05) is 261 Å². The lowest BCUT2D eigenvalue weighted by atomic mass is 10.2. The van der Waals surface area contributed by atoms with Crippen molar-refractivity contribution in [3.8, 4) is 0 Å². The lowest BCUT2D eigenvalue weighted by molar-refractivity contribution is -0.0000136. The second kappa shape index (κ2) is 42.4. The van der Waals surface area contributed by atoms with Crippen molar-refractivity contribution in [1.29, 1.82) is 0 Å². The molecule has 8 aromatic rings. The van der Waals surface area contributed by atoms with Crippen LogP contribution in [-0.2, 0) is 11.5 Å². The van der Waals surface area contributed by atoms with Crippen LogP contribution < -0.4 is 33.6 Å². The van der Waals surface area contributed by atoms with Crippen LogP contribution in [-0.4, -0.2) is 30.4 Å². The Morgan fingerprint density at radius 3 is 1.06 bits per heavy atom. The van der Waals surface area contributed by atoms with Crippen molar-refractivity contribution in [2.75, 3.05) is 11.5 Å². The van der Waals surface area contributed by atoms with Crippen molar-refractivity contribution in [3.05, 3.63) is 265 Å². The Labute approximate surface area is 532 Å². The molecule has 2 aliphatic heterocycles. The third kappa shape index (κ3) is 26.8. The van der Waals surface area contributed by atoms with Crippen LogP contribution >= 0.6 is 177 Å². The molecule has 0 saturated carbocycles. The maximum absolute atomic E-state index is 5.50. The van der Waals surface area contributed by atoms with Crippen molar-refractivity contribution >= 4 is 207 Å². The quantitative estimate of drug-likeness (QED) is 0.0314. The molecule has 2 unspecified atom stereocenters. The highest BCUT2D eigenvalue weighted by atomic mass is 35.5. The van der Waals surface area contributed by atoms with Gasteiger partial charge in [-0.05, 0) is 80.6 Å². The topological polar surface area (TPSA) is 0 Å². The van der Waals surface area contributed by atoms with Gasteiger partial charge in [0.05, 0.1) is 8.39 Å². The molecule has 2 atom stereocenters. The third-order valence-corrected chi connectivity index (χ3v) is 41.0. The Morgan fingerprint density at radius 2 is 0.740 bits per heavy atom. The zero-order valence-electron chi connectivity index (χ0n) is 41.4. The van der Waals surface area contributed by atoms with E-state index in [1.807, 2.05) is 164 Å². The molecular weight excluding hydrogens is 1290 g/mol. The number of halogens is 1. The van der Waals surface area contributed by atoms with Gasteiger partial charge in [-0.2, -0.15) is 11.8 Å². The maximum atomic E-state index is 5.50. The molecule has 0 aromatic heterocycles. The molecule has 2 aliphatic rings. The largest absolute Gasteiger partial charge is 1.00 e. The standard InChI is InChI=1S/C24H20P.C17H18S5.C14H12S2.C3H6S.CH4.ClH.S8/c1-5-13-21(14-6-1)25(22-15-7-2-8-16-22,23-17-9-3-10-18-23)24-19-11-4-12-20-24;1-14(21-17(18)16-10-6-3-7-11-16)12-19-22-20-13-15-8-4-2-5-9-15;15-14(13-9-5-2-6-10-13)16-11-12-7-3-1-4-8-12;1-3-2-4-3;;;1-2-4-6-8-7-5-3-1/h1-20H;2-11,14H,12-13H2,1H3;1-10H,11H2;3H,2H2,1H3;1H4;1H;/q+1;;;;;;/p-1. The van der Waals surface area contributed by atoms with Crippen LogP contribution in [0.25, 0.3) is 0 Å². The Hall–Kier alpha value is -0.440. The molecule has 404 valence electrons. The highest BCUT2D eigenvalue weighted by Crippen LogP contribution is 2.66. The van der Waals surface area contributed by atoms with Crippen LogP contribution in [0.2, 0.25) is 0 Å². The van der Waals surface area contributed by atoms with Crippen molar-refractivity contribution < 1.29 is 12.4 Å². The molecule has 77 heavy (non-hydrogen) atoms. The molecule has 0 nitrogen and oxygen atoms in total. The highest BCUT2D eigenvalue weighted by molar-refractivity contribution is 9.60. The first-order valence-electron chi connectivity index (χ1n) is 23.5. The average Bonchev–Trinajstić information content (AvgIpc) is 4.29. The van der Waals surface area contributed by atoms with Crippen LogP contribution in [0.3, 0.4) is 0 Å². The Morgan fingerprint density at radius 1 is 0.455 bits per heavy atom. The number of thioether (sulfide) groups is 3. The average molecular weight is 1350 g/mol. The van der Waals surface area contributed by atoms with Gasteiger partial charge < -0.3 is 12.4 Å². The fourth-order valence-electron chi connectivity index (χ4n) is 6.75. The summed E-state index contributed by atoms with van der Waals surface area (Å²) >= 11 is 16.4. The number of hydrogen-bond donors (Lipinski definition) is 0. The Balaban J connectivity index is 0.000000225. The third-order valence-electron chi connectivity index (χ3n) is 10.3. The first-order chi connectivity index (χ1) is 36.9. The number of rotatable bonds is 15. The first kappa shape index (κ1) is 69.1. The number of benzene rings is 8.